The third-order valence-corrected chi connectivity index (χ3v) is 2.97. The summed E-state index contributed by atoms with van der Waals surface area (Å²) in [5.41, 5.74) is 0. The van der Waals surface area contributed by atoms with Crippen molar-refractivity contribution in [3.63, 3.8) is 0 Å². The number of hydrogen-bond donors (Lipinski definition) is 2. The molecule has 0 aromatic heterocycles. The van der Waals surface area contributed by atoms with E-state index in [1.54, 1.807) is 6.92 Å². The van der Waals surface area contributed by atoms with Crippen molar-refractivity contribution in [2.75, 3.05) is 6.26 Å². The Bertz CT molecular complexity index is 231. The van der Waals surface area contributed by atoms with Crippen LogP contribution in [0.2, 0.25) is 0 Å². The van der Waals surface area contributed by atoms with Gasteiger partial charge in [-0.1, -0.05) is 13.8 Å². The van der Waals surface area contributed by atoms with Crippen LogP contribution < -0.4 is 5.32 Å². The molecule has 2 atom stereocenters. The second-order valence-electron chi connectivity index (χ2n) is 3.91. The first-order valence-corrected chi connectivity index (χ1v) is 6.23. The molecule has 0 aromatic carbocycles. The van der Waals surface area contributed by atoms with Gasteiger partial charge in [0.1, 0.15) is 6.04 Å². The van der Waals surface area contributed by atoms with Gasteiger partial charge in [0.05, 0.1) is 5.25 Å². The number of rotatable bonds is 6. The number of thioether (sulfide) groups is 1. The summed E-state index contributed by atoms with van der Waals surface area (Å²) in [6, 6.07) is -0.771. The predicted octanol–water partition coefficient (Wildman–Crippen LogP) is 1.35. The highest BCUT2D eigenvalue weighted by Crippen LogP contribution is 2.08. The Balaban J connectivity index is 4.29. The van der Waals surface area contributed by atoms with Gasteiger partial charge in [0, 0.05) is 0 Å². The normalized spacial score (nSPS) is 14.7. The number of hydrogen-bond acceptors (Lipinski definition) is 3. The summed E-state index contributed by atoms with van der Waals surface area (Å²) < 4.78 is 0. The molecule has 0 aliphatic carbocycles. The van der Waals surface area contributed by atoms with Crippen molar-refractivity contribution in [2.45, 2.75) is 38.5 Å². The lowest BCUT2D eigenvalue weighted by molar-refractivity contribution is -0.142. The third-order valence-electron chi connectivity index (χ3n) is 2.04. The van der Waals surface area contributed by atoms with Crippen LogP contribution in [0, 0.1) is 5.92 Å². The lowest BCUT2D eigenvalue weighted by Crippen LogP contribution is -2.44. The Kier molecular flexibility index (Phi) is 6.40. The van der Waals surface area contributed by atoms with Crippen LogP contribution in [0.25, 0.3) is 0 Å². The van der Waals surface area contributed by atoms with E-state index in [2.05, 4.69) is 5.32 Å². The van der Waals surface area contributed by atoms with Crippen molar-refractivity contribution in [2.24, 2.45) is 5.92 Å². The first-order chi connectivity index (χ1) is 6.88. The fraction of sp³-hybridized carbons (Fsp3) is 0.800. The molecule has 2 N–H and O–H groups in total. The zero-order chi connectivity index (χ0) is 12.0. The van der Waals surface area contributed by atoms with Crippen molar-refractivity contribution >= 4 is 23.6 Å². The SMILES string of the molecule is CSC(C)C(=O)N[C@H](CC(C)C)C(=O)O. The Morgan fingerprint density at radius 2 is 1.87 bits per heavy atom. The first-order valence-electron chi connectivity index (χ1n) is 4.94. The fourth-order valence-corrected chi connectivity index (χ4v) is 1.37. The quantitative estimate of drug-likeness (QED) is 0.727. The van der Waals surface area contributed by atoms with Gasteiger partial charge in [0.2, 0.25) is 5.91 Å². The topological polar surface area (TPSA) is 66.4 Å². The van der Waals surface area contributed by atoms with Gasteiger partial charge in [0.25, 0.3) is 0 Å². The molecule has 88 valence electrons. The monoisotopic (exact) mass is 233 g/mol. The summed E-state index contributed by atoms with van der Waals surface area (Å²) in [5, 5.41) is 11.2. The van der Waals surface area contributed by atoms with E-state index >= 15 is 0 Å². The molecular formula is C10H19NO3S. The molecule has 4 nitrogen and oxygen atoms in total. The molecule has 0 radical (unpaired) electrons. The van der Waals surface area contributed by atoms with E-state index in [0.717, 1.165) is 0 Å². The number of carbonyl (C=O) groups is 2. The van der Waals surface area contributed by atoms with Crippen molar-refractivity contribution in [3.8, 4) is 0 Å². The maximum Gasteiger partial charge on any atom is 0.326 e. The van der Waals surface area contributed by atoms with E-state index < -0.39 is 12.0 Å². The van der Waals surface area contributed by atoms with E-state index in [1.165, 1.54) is 11.8 Å². The molecule has 0 aliphatic rings. The molecule has 0 saturated carbocycles. The molecule has 15 heavy (non-hydrogen) atoms. The van der Waals surface area contributed by atoms with E-state index in [4.69, 9.17) is 5.11 Å². The van der Waals surface area contributed by atoms with Crippen molar-refractivity contribution in [1.82, 2.24) is 5.32 Å². The highest BCUT2D eigenvalue weighted by molar-refractivity contribution is 7.99. The average molecular weight is 233 g/mol. The van der Waals surface area contributed by atoms with Gasteiger partial charge in [-0.05, 0) is 25.5 Å². The van der Waals surface area contributed by atoms with Crippen LogP contribution >= 0.6 is 11.8 Å². The van der Waals surface area contributed by atoms with Crippen LogP contribution in [0.15, 0.2) is 0 Å². The van der Waals surface area contributed by atoms with Crippen LogP contribution in [-0.2, 0) is 9.59 Å². The lowest BCUT2D eigenvalue weighted by Gasteiger charge is -2.18. The van der Waals surface area contributed by atoms with E-state index in [1.807, 2.05) is 20.1 Å². The smallest absolute Gasteiger partial charge is 0.326 e. The van der Waals surface area contributed by atoms with Crippen molar-refractivity contribution in [3.05, 3.63) is 0 Å². The zero-order valence-electron chi connectivity index (χ0n) is 9.61. The van der Waals surface area contributed by atoms with E-state index in [0.29, 0.717) is 6.42 Å². The van der Waals surface area contributed by atoms with Crippen LogP contribution in [0.4, 0.5) is 0 Å². The molecule has 5 heteroatoms. The fourth-order valence-electron chi connectivity index (χ4n) is 1.09. The Morgan fingerprint density at radius 1 is 1.33 bits per heavy atom. The van der Waals surface area contributed by atoms with Gasteiger partial charge in [-0.3, -0.25) is 4.79 Å². The van der Waals surface area contributed by atoms with Crippen LogP contribution in [-0.4, -0.2) is 34.5 Å². The van der Waals surface area contributed by atoms with Gasteiger partial charge in [0.15, 0.2) is 0 Å². The number of carbonyl (C=O) groups excluding carboxylic acids is 1. The molecule has 0 heterocycles. The highest BCUT2D eigenvalue weighted by atomic mass is 32.2. The van der Waals surface area contributed by atoms with Crippen LogP contribution in [0.1, 0.15) is 27.2 Å². The lowest BCUT2D eigenvalue weighted by atomic mass is 10.0. The minimum absolute atomic E-state index is 0.209. The molecule has 0 rings (SSSR count). The molecule has 0 aromatic rings. The second-order valence-corrected chi connectivity index (χ2v) is 5.09. The Morgan fingerprint density at radius 3 is 2.20 bits per heavy atom. The predicted molar refractivity (Wildman–Crippen MR) is 62.0 cm³/mol. The van der Waals surface area contributed by atoms with Gasteiger partial charge in [-0.15, -0.1) is 0 Å². The van der Waals surface area contributed by atoms with Crippen molar-refractivity contribution in [1.29, 1.82) is 0 Å². The average Bonchev–Trinajstić information content (AvgIpc) is 2.14. The number of carboxylic acids is 1. The molecule has 0 aliphatic heterocycles. The summed E-state index contributed by atoms with van der Waals surface area (Å²) in [5.74, 6) is -0.933. The molecule has 0 fully saturated rings. The standard InChI is InChI=1S/C10H19NO3S/c1-6(2)5-8(10(13)14)11-9(12)7(3)15-4/h6-8H,5H2,1-4H3,(H,11,12)(H,13,14)/t7?,8-/m1/s1. The van der Waals surface area contributed by atoms with Crippen molar-refractivity contribution < 1.29 is 14.7 Å². The maximum atomic E-state index is 11.5. The van der Waals surface area contributed by atoms with Crippen LogP contribution in [0.5, 0.6) is 0 Å². The zero-order valence-corrected chi connectivity index (χ0v) is 10.4. The maximum absolute atomic E-state index is 11.5. The highest BCUT2D eigenvalue weighted by Gasteiger charge is 2.23. The minimum Gasteiger partial charge on any atom is -0.480 e. The number of nitrogens with one attached hydrogen (secondary N) is 1. The molecule has 0 bridgehead atoms. The molecule has 1 amide bonds. The summed E-state index contributed by atoms with van der Waals surface area (Å²) in [6.07, 6.45) is 2.28. The second kappa shape index (κ2) is 6.71. The van der Waals surface area contributed by atoms with Gasteiger partial charge in [-0.2, -0.15) is 11.8 Å². The molecule has 0 saturated heterocycles. The Labute approximate surface area is 94.8 Å². The van der Waals surface area contributed by atoms with Gasteiger partial charge in [-0.25, -0.2) is 4.79 Å². The molecule has 1 unspecified atom stereocenters. The first kappa shape index (κ1) is 14.3. The van der Waals surface area contributed by atoms with E-state index in [9.17, 15) is 9.59 Å². The molecular weight excluding hydrogens is 214 g/mol. The Hall–Kier alpha value is -0.710. The van der Waals surface area contributed by atoms with Crippen LogP contribution in [0.3, 0.4) is 0 Å². The summed E-state index contributed by atoms with van der Waals surface area (Å²) in [6.45, 7) is 5.62. The number of amides is 1. The summed E-state index contributed by atoms with van der Waals surface area (Å²) in [4.78, 5) is 22.3. The summed E-state index contributed by atoms with van der Waals surface area (Å²) in [7, 11) is 0. The van der Waals surface area contributed by atoms with Gasteiger partial charge < -0.3 is 10.4 Å². The number of carboxylic acid groups (broad SMARTS) is 1. The number of aliphatic carboxylic acids is 1. The third kappa shape index (κ3) is 5.67. The largest absolute Gasteiger partial charge is 0.480 e. The minimum atomic E-state index is -0.967. The summed E-state index contributed by atoms with van der Waals surface area (Å²) >= 11 is 1.40. The van der Waals surface area contributed by atoms with Gasteiger partial charge >= 0.3 is 5.97 Å². The van der Waals surface area contributed by atoms with E-state index in [-0.39, 0.29) is 17.1 Å². The molecule has 0 spiro atoms.